The number of nitrogens with one attached hydrogen (secondary N) is 2. The van der Waals surface area contributed by atoms with Gasteiger partial charge in [-0.05, 0) is 59.6 Å². The molecule has 4 heteroatoms. The van der Waals surface area contributed by atoms with Crippen LogP contribution in [0.3, 0.4) is 0 Å². The first kappa shape index (κ1) is 20.7. The van der Waals surface area contributed by atoms with Gasteiger partial charge in [-0.3, -0.25) is 4.79 Å². The fraction of sp³-hybridized carbons (Fsp3) is 0.423. The number of anilines is 1. The Hall–Kier alpha value is -2.59. The molecule has 0 saturated carbocycles. The fourth-order valence-electron chi connectivity index (χ4n) is 4.67. The predicted octanol–water partition coefficient (Wildman–Crippen LogP) is 5.40. The van der Waals surface area contributed by atoms with Crippen molar-refractivity contribution >= 4 is 11.6 Å². The Morgan fingerprint density at radius 2 is 2.00 bits per heavy atom. The number of methoxy groups -OCH3 is 1. The SMILES string of the molecule is COCCCNC(=O)c1ccc2c(c1)C1C=CCC1C(c1ccc(C(C)C)cc1)N2. The van der Waals surface area contributed by atoms with Crippen LogP contribution in [0.5, 0.6) is 0 Å². The van der Waals surface area contributed by atoms with Gasteiger partial charge in [0.05, 0.1) is 6.04 Å². The maximum Gasteiger partial charge on any atom is 0.251 e. The van der Waals surface area contributed by atoms with Crippen LogP contribution in [0.2, 0.25) is 0 Å². The minimum atomic E-state index is -0.0150. The Kier molecular flexibility index (Phi) is 6.24. The molecule has 1 aliphatic carbocycles. The fourth-order valence-corrected chi connectivity index (χ4v) is 4.67. The van der Waals surface area contributed by atoms with Crippen molar-refractivity contribution in [1.82, 2.24) is 5.32 Å². The van der Waals surface area contributed by atoms with Crippen LogP contribution < -0.4 is 10.6 Å². The Labute approximate surface area is 179 Å². The summed E-state index contributed by atoms with van der Waals surface area (Å²) >= 11 is 0. The molecule has 0 saturated heterocycles. The zero-order valence-electron chi connectivity index (χ0n) is 18.2. The number of rotatable bonds is 7. The average Bonchev–Trinajstić information content (AvgIpc) is 3.26. The van der Waals surface area contributed by atoms with Crippen LogP contribution in [0.1, 0.15) is 71.6 Å². The average molecular weight is 405 g/mol. The molecule has 0 radical (unpaired) electrons. The molecule has 1 heterocycles. The van der Waals surface area contributed by atoms with E-state index in [1.807, 2.05) is 6.07 Å². The van der Waals surface area contributed by atoms with Gasteiger partial charge in [-0.1, -0.05) is 50.3 Å². The number of hydrogen-bond acceptors (Lipinski definition) is 3. The van der Waals surface area contributed by atoms with Crippen molar-refractivity contribution < 1.29 is 9.53 Å². The second-order valence-electron chi connectivity index (χ2n) is 8.70. The van der Waals surface area contributed by atoms with E-state index in [0.717, 1.165) is 24.1 Å². The number of carbonyl (C=O) groups is 1. The molecule has 1 amide bonds. The van der Waals surface area contributed by atoms with Crippen molar-refractivity contribution in [3.8, 4) is 0 Å². The van der Waals surface area contributed by atoms with Gasteiger partial charge >= 0.3 is 0 Å². The molecule has 158 valence electrons. The lowest BCUT2D eigenvalue weighted by molar-refractivity contribution is 0.0948. The monoisotopic (exact) mass is 404 g/mol. The summed E-state index contributed by atoms with van der Waals surface area (Å²) in [5, 5.41) is 6.76. The summed E-state index contributed by atoms with van der Waals surface area (Å²) in [4.78, 5) is 12.6. The number of allylic oxidation sites excluding steroid dienone is 2. The van der Waals surface area contributed by atoms with Gasteiger partial charge in [-0.2, -0.15) is 0 Å². The van der Waals surface area contributed by atoms with Crippen LogP contribution in [-0.2, 0) is 4.74 Å². The van der Waals surface area contributed by atoms with Crippen LogP contribution in [0.25, 0.3) is 0 Å². The van der Waals surface area contributed by atoms with Gasteiger partial charge in [0.15, 0.2) is 0 Å². The highest BCUT2D eigenvalue weighted by molar-refractivity contribution is 5.95. The molecule has 0 bridgehead atoms. The van der Waals surface area contributed by atoms with Crippen molar-refractivity contribution in [3.63, 3.8) is 0 Å². The van der Waals surface area contributed by atoms with Crippen molar-refractivity contribution in [2.45, 2.75) is 44.6 Å². The van der Waals surface area contributed by atoms with E-state index < -0.39 is 0 Å². The minimum Gasteiger partial charge on any atom is -0.385 e. The van der Waals surface area contributed by atoms with Crippen molar-refractivity contribution in [3.05, 3.63) is 76.9 Å². The largest absolute Gasteiger partial charge is 0.385 e. The molecule has 0 spiro atoms. The molecular weight excluding hydrogens is 372 g/mol. The summed E-state index contributed by atoms with van der Waals surface area (Å²) in [5.74, 6) is 1.34. The maximum atomic E-state index is 12.6. The van der Waals surface area contributed by atoms with E-state index in [-0.39, 0.29) is 11.9 Å². The molecule has 1 aliphatic heterocycles. The smallest absolute Gasteiger partial charge is 0.251 e. The van der Waals surface area contributed by atoms with E-state index in [1.54, 1.807) is 7.11 Å². The van der Waals surface area contributed by atoms with Crippen LogP contribution in [0, 0.1) is 5.92 Å². The van der Waals surface area contributed by atoms with E-state index in [2.05, 4.69) is 73.0 Å². The van der Waals surface area contributed by atoms with E-state index in [0.29, 0.717) is 30.9 Å². The van der Waals surface area contributed by atoms with E-state index >= 15 is 0 Å². The van der Waals surface area contributed by atoms with Gasteiger partial charge in [0.1, 0.15) is 0 Å². The number of benzene rings is 2. The molecule has 0 aromatic heterocycles. The third kappa shape index (κ3) is 4.15. The molecule has 0 fully saturated rings. The van der Waals surface area contributed by atoms with Gasteiger partial charge < -0.3 is 15.4 Å². The number of amides is 1. The first-order valence-corrected chi connectivity index (χ1v) is 11.0. The zero-order chi connectivity index (χ0) is 21.1. The number of ether oxygens (including phenoxy) is 1. The van der Waals surface area contributed by atoms with Crippen molar-refractivity contribution in [1.29, 1.82) is 0 Å². The van der Waals surface area contributed by atoms with Gasteiger partial charge in [-0.15, -0.1) is 0 Å². The third-order valence-corrected chi connectivity index (χ3v) is 6.40. The number of fused-ring (bicyclic) bond motifs is 3. The molecule has 2 aliphatic rings. The molecule has 30 heavy (non-hydrogen) atoms. The van der Waals surface area contributed by atoms with Crippen LogP contribution in [0.4, 0.5) is 5.69 Å². The molecule has 2 aromatic carbocycles. The van der Waals surface area contributed by atoms with Crippen LogP contribution in [0.15, 0.2) is 54.6 Å². The second-order valence-corrected chi connectivity index (χ2v) is 8.70. The quantitative estimate of drug-likeness (QED) is 0.480. The second kappa shape index (κ2) is 9.05. The van der Waals surface area contributed by atoms with Crippen LogP contribution >= 0.6 is 0 Å². The lowest BCUT2D eigenvalue weighted by Gasteiger charge is -2.37. The standard InChI is InChI=1S/C26H32N2O2/c1-17(2)18-8-10-19(11-9-18)25-22-7-4-6-21(22)23-16-20(12-13-24(23)28-25)26(29)27-14-5-15-30-3/h4,6,8-13,16-17,21-22,25,28H,5,7,14-15H2,1-3H3,(H,27,29). The van der Waals surface area contributed by atoms with E-state index in [4.69, 9.17) is 4.74 Å². The number of hydrogen-bond donors (Lipinski definition) is 2. The van der Waals surface area contributed by atoms with E-state index in [9.17, 15) is 4.79 Å². The van der Waals surface area contributed by atoms with E-state index in [1.165, 1.54) is 16.7 Å². The summed E-state index contributed by atoms with van der Waals surface area (Å²) in [6, 6.07) is 15.4. The molecule has 2 N–H and O–H groups in total. The molecule has 3 atom stereocenters. The lowest BCUT2D eigenvalue weighted by Crippen LogP contribution is -2.30. The first-order valence-electron chi connectivity index (χ1n) is 11.0. The lowest BCUT2D eigenvalue weighted by atomic mass is 9.76. The van der Waals surface area contributed by atoms with Gasteiger partial charge in [-0.25, -0.2) is 0 Å². The zero-order valence-corrected chi connectivity index (χ0v) is 18.2. The molecular formula is C26H32N2O2. The molecule has 4 rings (SSSR count). The van der Waals surface area contributed by atoms with Gasteiger partial charge in [0, 0.05) is 37.4 Å². The van der Waals surface area contributed by atoms with Crippen molar-refractivity contribution in [2.24, 2.45) is 5.92 Å². The summed E-state index contributed by atoms with van der Waals surface area (Å²) in [5.41, 5.74) is 5.80. The highest BCUT2D eigenvalue weighted by Crippen LogP contribution is 2.50. The normalized spacial score (nSPS) is 21.8. The topological polar surface area (TPSA) is 50.4 Å². The highest BCUT2D eigenvalue weighted by Gasteiger charge is 2.38. The predicted molar refractivity (Wildman–Crippen MR) is 122 cm³/mol. The van der Waals surface area contributed by atoms with Crippen molar-refractivity contribution in [2.75, 3.05) is 25.6 Å². The Morgan fingerprint density at radius 3 is 2.73 bits per heavy atom. The highest BCUT2D eigenvalue weighted by atomic mass is 16.5. The van der Waals surface area contributed by atoms with Gasteiger partial charge in [0.25, 0.3) is 5.91 Å². The van der Waals surface area contributed by atoms with Gasteiger partial charge in [0.2, 0.25) is 0 Å². The van der Waals surface area contributed by atoms with Crippen LogP contribution in [-0.4, -0.2) is 26.2 Å². The molecule has 2 aromatic rings. The number of carbonyl (C=O) groups excluding carboxylic acids is 1. The summed E-state index contributed by atoms with van der Waals surface area (Å²) in [6.45, 7) is 5.74. The summed E-state index contributed by atoms with van der Waals surface area (Å²) in [7, 11) is 1.68. The Balaban J connectivity index is 1.55. The Bertz CT molecular complexity index is 917. The summed E-state index contributed by atoms with van der Waals surface area (Å²) < 4.78 is 5.05. The summed E-state index contributed by atoms with van der Waals surface area (Å²) in [6.07, 6.45) is 6.49. The maximum absolute atomic E-state index is 12.6. The first-order chi connectivity index (χ1) is 14.6. The third-order valence-electron chi connectivity index (χ3n) is 6.40. The minimum absolute atomic E-state index is 0.0150. The Morgan fingerprint density at radius 1 is 1.20 bits per heavy atom. The molecule has 4 nitrogen and oxygen atoms in total. The molecule has 3 unspecified atom stereocenters.